The van der Waals surface area contributed by atoms with Gasteiger partial charge in [-0.05, 0) is 34.2 Å². The number of nitrogens with two attached hydrogens (primary N) is 1. The van der Waals surface area contributed by atoms with Crippen LogP contribution in [0.5, 0.6) is 0 Å². The number of anilines is 2. The van der Waals surface area contributed by atoms with Crippen molar-refractivity contribution >= 4 is 51.4 Å². The monoisotopic (exact) mass is 437 g/mol. The fraction of sp³-hybridized carbons (Fsp3) is 0.200. The molecule has 0 fully saturated rings. The molecule has 8 nitrogen and oxygen atoms in total. The molecule has 4 N–H and O–H groups in total. The Bertz CT molecular complexity index is 893. The second kappa shape index (κ2) is 6.99. The lowest BCUT2D eigenvalue weighted by Crippen LogP contribution is -2.23. The number of benzene rings is 1. The highest BCUT2D eigenvalue weighted by molar-refractivity contribution is 14.1. The molecule has 24 heavy (non-hydrogen) atoms. The standard InChI is InChI=1S/C15H16IN7O/c1-23-8-20-12-13(18-6-9-4-2-3-5-10(9)16)21-15(22-14(12)23)19-7-11(17)24/h2-5,8H,6-7H2,1H3,(H2,17,24)(H2,18,19,21,22). The lowest BCUT2D eigenvalue weighted by atomic mass is 10.2. The zero-order valence-corrected chi connectivity index (χ0v) is 15.1. The number of rotatable bonds is 6. The van der Waals surface area contributed by atoms with Gasteiger partial charge in [0.1, 0.15) is 0 Å². The fourth-order valence-electron chi connectivity index (χ4n) is 2.20. The van der Waals surface area contributed by atoms with Gasteiger partial charge in [0, 0.05) is 17.2 Å². The van der Waals surface area contributed by atoms with E-state index in [9.17, 15) is 4.79 Å². The zero-order chi connectivity index (χ0) is 17.1. The lowest BCUT2D eigenvalue weighted by Gasteiger charge is -2.10. The van der Waals surface area contributed by atoms with Gasteiger partial charge in [0.25, 0.3) is 0 Å². The van der Waals surface area contributed by atoms with Crippen LogP contribution in [0.25, 0.3) is 11.2 Å². The van der Waals surface area contributed by atoms with Crippen molar-refractivity contribution in [3.05, 3.63) is 39.7 Å². The van der Waals surface area contributed by atoms with E-state index in [1.807, 2.05) is 25.2 Å². The number of carbonyl (C=O) groups is 1. The van der Waals surface area contributed by atoms with Crippen molar-refractivity contribution < 1.29 is 4.79 Å². The second-order valence-corrected chi connectivity index (χ2v) is 6.35. The van der Waals surface area contributed by atoms with Gasteiger partial charge in [-0.15, -0.1) is 0 Å². The summed E-state index contributed by atoms with van der Waals surface area (Å²) in [5, 5.41) is 6.12. The first-order valence-electron chi connectivity index (χ1n) is 7.23. The van der Waals surface area contributed by atoms with Crippen molar-refractivity contribution in [1.82, 2.24) is 19.5 Å². The largest absolute Gasteiger partial charge is 0.368 e. The molecule has 0 unspecified atom stereocenters. The highest BCUT2D eigenvalue weighted by Crippen LogP contribution is 2.21. The lowest BCUT2D eigenvalue weighted by molar-refractivity contribution is -0.116. The molecule has 1 aromatic carbocycles. The predicted octanol–water partition coefficient (Wildman–Crippen LogP) is 1.48. The average molecular weight is 437 g/mol. The minimum atomic E-state index is -0.475. The number of fused-ring (bicyclic) bond motifs is 1. The molecule has 0 radical (unpaired) electrons. The first-order chi connectivity index (χ1) is 11.5. The Balaban J connectivity index is 1.90. The number of nitrogens with zero attached hydrogens (tertiary/aromatic N) is 4. The first-order valence-corrected chi connectivity index (χ1v) is 8.31. The third kappa shape index (κ3) is 3.55. The molecule has 1 amide bonds. The van der Waals surface area contributed by atoms with Crippen LogP contribution in [0, 0.1) is 3.57 Å². The quantitative estimate of drug-likeness (QED) is 0.504. The zero-order valence-electron chi connectivity index (χ0n) is 13.0. The summed E-state index contributed by atoms with van der Waals surface area (Å²) in [5.41, 5.74) is 7.66. The predicted molar refractivity (Wildman–Crippen MR) is 100 cm³/mol. The molecule has 2 heterocycles. The topological polar surface area (TPSA) is 111 Å². The maximum Gasteiger partial charge on any atom is 0.236 e. The van der Waals surface area contributed by atoms with Gasteiger partial charge in [-0.25, -0.2) is 4.98 Å². The molecule has 0 bridgehead atoms. The molecule has 0 saturated heterocycles. The summed E-state index contributed by atoms with van der Waals surface area (Å²) >= 11 is 2.30. The number of halogens is 1. The smallest absolute Gasteiger partial charge is 0.236 e. The summed E-state index contributed by atoms with van der Waals surface area (Å²) in [4.78, 5) is 24.1. The fourth-order valence-corrected chi connectivity index (χ4v) is 2.77. The molecular weight excluding hydrogens is 421 g/mol. The Morgan fingerprint density at radius 3 is 2.83 bits per heavy atom. The van der Waals surface area contributed by atoms with E-state index < -0.39 is 5.91 Å². The molecule has 0 saturated carbocycles. The van der Waals surface area contributed by atoms with E-state index in [1.54, 1.807) is 10.9 Å². The molecule has 0 aliphatic heterocycles. The van der Waals surface area contributed by atoms with Crippen LogP contribution in [-0.4, -0.2) is 32.0 Å². The van der Waals surface area contributed by atoms with E-state index in [-0.39, 0.29) is 6.54 Å². The summed E-state index contributed by atoms with van der Waals surface area (Å²) in [5.74, 6) is 0.458. The third-order valence-electron chi connectivity index (χ3n) is 3.38. The van der Waals surface area contributed by atoms with Gasteiger partial charge in [-0.2, -0.15) is 9.97 Å². The minimum absolute atomic E-state index is 0.0284. The average Bonchev–Trinajstić information content (AvgIpc) is 2.93. The molecular formula is C15H16IN7O. The summed E-state index contributed by atoms with van der Waals surface area (Å²) in [6, 6.07) is 8.10. The van der Waals surface area contributed by atoms with Gasteiger partial charge < -0.3 is 20.9 Å². The number of aryl methyl sites for hydroxylation is 1. The van der Waals surface area contributed by atoms with Crippen molar-refractivity contribution in [1.29, 1.82) is 0 Å². The molecule has 9 heteroatoms. The normalized spacial score (nSPS) is 10.8. The Labute approximate surface area is 152 Å². The van der Waals surface area contributed by atoms with Crippen LogP contribution in [0.4, 0.5) is 11.8 Å². The number of primary amides is 1. The Morgan fingerprint density at radius 2 is 2.08 bits per heavy atom. The number of imidazole rings is 1. The van der Waals surface area contributed by atoms with Crippen LogP contribution < -0.4 is 16.4 Å². The van der Waals surface area contributed by atoms with Gasteiger partial charge in [0.2, 0.25) is 11.9 Å². The highest BCUT2D eigenvalue weighted by Gasteiger charge is 2.12. The summed E-state index contributed by atoms with van der Waals surface area (Å²) in [7, 11) is 1.85. The molecule has 0 atom stereocenters. The molecule has 3 rings (SSSR count). The van der Waals surface area contributed by atoms with Gasteiger partial charge in [-0.1, -0.05) is 18.2 Å². The first kappa shape index (κ1) is 16.4. The van der Waals surface area contributed by atoms with E-state index in [0.29, 0.717) is 29.5 Å². The van der Waals surface area contributed by atoms with E-state index >= 15 is 0 Å². The van der Waals surface area contributed by atoms with E-state index in [1.165, 1.54) is 3.57 Å². The van der Waals surface area contributed by atoms with Crippen LogP contribution in [0.2, 0.25) is 0 Å². The highest BCUT2D eigenvalue weighted by atomic mass is 127. The summed E-state index contributed by atoms with van der Waals surface area (Å²) < 4.78 is 2.96. The van der Waals surface area contributed by atoms with E-state index in [0.717, 1.165) is 5.56 Å². The maximum absolute atomic E-state index is 11.0. The Hall–Kier alpha value is -2.43. The molecule has 124 valence electrons. The number of hydrogen-bond acceptors (Lipinski definition) is 6. The summed E-state index contributed by atoms with van der Waals surface area (Å²) in [6.45, 7) is 0.580. The Morgan fingerprint density at radius 1 is 1.29 bits per heavy atom. The number of hydrogen-bond donors (Lipinski definition) is 3. The summed E-state index contributed by atoms with van der Waals surface area (Å²) in [6.07, 6.45) is 1.68. The van der Waals surface area contributed by atoms with Crippen LogP contribution in [0.1, 0.15) is 5.56 Å². The van der Waals surface area contributed by atoms with Gasteiger partial charge in [0.15, 0.2) is 17.0 Å². The number of amides is 1. The van der Waals surface area contributed by atoms with Crippen molar-refractivity contribution in [2.75, 3.05) is 17.2 Å². The van der Waals surface area contributed by atoms with Crippen LogP contribution in [0.3, 0.4) is 0 Å². The van der Waals surface area contributed by atoms with Crippen LogP contribution >= 0.6 is 22.6 Å². The van der Waals surface area contributed by atoms with Gasteiger partial charge >= 0.3 is 0 Å². The number of carbonyl (C=O) groups excluding carboxylic acids is 1. The molecule has 2 aromatic heterocycles. The molecule has 3 aromatic rings. The molecule has 0 aliphatic rings. The van der Waals surface area contributed by atoms with Gasteiger partial charge in [-0.3, -0.25) is 4.79 Å². The van der Waals surface area contributed by atoms with Crippen LogP contribution in [0.15, 0.2) is 30.6 Å². The Kier molecular flexibility index (Phi) is 4.79. The van der Waals surface area contributed by atoms with Crippen molar-refractivity contribution in [2.24, 2.45) is 12.8 Å². The number of aromatic nitrogens is 4. The molecule has 0 aliphatic carbocycles. The van der Waals surface area contributed by atoms with E-state index in [4.69, 9.17) is 5.73 Å². The van der Waals surface area contributed by atoms with Crippen molar-refractivity contribution in [3.63, 3.8) is 0 Å². The van der Waals surface area contributed by atoms with E-state index in [2.05, 4.69) is 54.2 Å². The number of nitrogens with one attached hydrogen (secondary N) is 2. The third-order valence-corrected chi connectivity index (χ3v) is 4.44. The van der Waals surface area contributed by atoms with Crippen LogP contribution in [-0.2, 0) is 18.4 Å². The second-order valence-electron chi connectivity index (χ2n) is 5.19. The SMILES string of the molecule is Cn1cnc2c(NCc3ccccc3I)nc(NCC(N)=O)nc21. The van der Waals surface area contributed by atoms with Crippen molar-refractivity contribution in [3.8, 4) is 0 Å². The van der Waals surface area contributed by atoms with Gasteiger partial charge in [0.05, 0.1) is 12.9 Å². The molecule has 0 spiro atoms. The minimum Gasteiger partial charge on any atom is -0.368 e. The van der Waals surface area contributed by atoms with Crippen molar-refractivity contribution in [2.45, 2.75) is 6.54 Å². The maximum atomic E-state index is 11.0.